The molecular formula is C35H41ClN6O5. The van der Waals surface area contributed by atoms with E-state index < -0.39 is 17.9 Å². The molecule has 2 saturated heterocycles. The lowest BCUT2D eigenvalue weighted by Gasteiger charge is -2.25. The van der Waals surface area contributed by atoms with Crippen LogP contribution in [0.2, 0.25) is 5.02 Å². The molecule has 12 heteroatoms. The fourth-order valence-electron chi connectivity index (χ4n) is 5.85. The second kappa shape index (κ2) is 17.0. The molecule has 3 heterocycles. The first kappa shape index (κ1) is 33.9. The van der Waals surface area contributed by atoms with Crippen molar-refractivity contribution >= 4 is 51.8 Å². The number of para-hydroxylation sites is 1. The molecule has 2 atom stereocenters. The number of esters is 1. The Morgan fingerprint density at radius 1 is 1.04 bits per heavy atom. The van der Waals surface area contributed by atoms with Crippen LogP contribution in [0.1, 0.15) is 50.5 Å². The number of halogens is 1. The summed E-state index contributed by atoms with van der Waals surface area (Å²) in [4.78, 5) is 51.2. The Hall–Kier alpha value is -4.40. The number of carbonyl (C=O) groups is 3. The number of hydrogen-bond donors (Lipinski definition) is 2. The number of rotatable bonds is 13. The number of hydrogen-bond acceptors (Lipinski definition) is 7. The Balaban J connectivity index is 1.28. The fourth-order valence-corrected chi connectivity index (χ4v) is 6.06. The predicted octanol–water partition coefficient (Wildman–Crippen LogP) is 5.32. The first-order chi connectivity index (χ1) is 22.9. The molecule has 11 nitrogen and oxygen atoms in total. The summed E-state index contributed by atoms with van der Waals surface area (Å²) in [7, 11) is 0. The monoisotopic (exact) mass is 660 g/mol. The number of unbranched alkanes of at least 4 members (excludes halogenated alkanes) is 1. The fraction of sp³-hybridized carbons (Fsp3) is 0.457. The number of amidine groups is 1. The highest BCUT2D eigenvalue weighted by atomic mass is 35.5. The Morgan fingerprint density at radius 3 is 2.60 bits per heavy atom. The minimum Gasteiger partial charge on any atom is -0.464 e. The van der Waals surface area contributed by atoms with Crippen LogP contribution in [-0.2, 0) is 30.5 Å². The minimum absolute atomic E-state index is 0.00726. The molecule has 47 heavy (non-hydrogen) atoms. The largest absolute Gasteiger partial charge is 0.464 e. The van der Waals surface area contributed by atoms with E-state index in [1.807, 2.05) is 42.5 Å². The van der Waals surface area contributed by atoms with Gasteiger partial charge < -0.3 is 29.6 Å². The maximum atomic E-state index is 13.8. The number of aromatic nitrogens is 1. The number of H-pyrrole nitrogens is 1. The number of aliphatic imine (C=N–C) groups is 1. The zero-order valence-corrected chi connectivity index (χ0v) is 27.2. The number of anilines is 1. The lowest BCUT2D eigenvalue weighted by molar-refractivity contribution is -0.144. The number of nitrogens with zero attached hydrogens (tertiary/aromatic N) is 4. The molecule has 3 aromatic rings. The lowest BCUT2D eigenvalue weighted by Crippen LogP contribution is -2.45. The van der Waals surface area contributed by atoms with Crippen molar-refractivity contribution in [3.63, 3.8) is 0 Å². The molecule has 5 rings (SSSR count). The number of fused-ring (bicyclic) bond motifs is 1. The van der Waals surface area contributed by atoms with Gasteiger partial charge in [0.2, 0.25) is 17.7 Å². The van der Waals surface area contributed by atoms with Gasteiger partial charge >= 0.3 is 5.97 Å². The smallest absolute Gasteiger partial charge is 0.331 e. The van der Waals surface area contributed by atoms with Gasteiger partial charge in [0.25, 0.3) is 0 Å². The summed E-state index contributed by atoms with van der Waals surface area (Å²) >= 11 is 6.35. The summed E-state index contributed by atoms with van der Waals surface area (Å²) in [5, 5.41) is 14.6. The second-order valence-corrected chi connectivity index (χ2v) is 12.2. The maximum absolute atomic E-state index is 13.8. The number of likely N-dealkylation sites (tertiary alicyclic amines) is 2. The summed E-state index contributed by atoms with van der Waals surface area (Å²) in [6.07, 6.45) is 6.67. The van der Waals surface area contributed by atoms with Crippen molar-refractivity contribution in [3.8, 4) is 6.07 Å². The van der Waals surface area contributed by atoms with E-state index in [-0.39, 0.29) is 30.8 Å². The Morgan fingerprint density at radius 2 is 1.81 bits per heavy atom. The molecule has 248 valence electrons. The first-order valence-electron chi connectivity index (χ1n) is 16.3. The van der Waals surface area contributed by atoms with Crippen molar-refractivity contribution in [1.29, 1.82) is 5.26 Å². The number of carbonyl (C=O) groups excluding carboxylic acids is 3. The SMILES string of the molecule is N#CC(C(=O)OCCCCOCc1ccccc1)C(=N[C@H]1CCCCN(CC(=O)N2CCCC2)C1=O)Nc1cccc2c(Cl)c[nH]c12. The van der Waals surface area contributed by atoms with Crippen LogP contribution in [0.5, 0.6) is 0 Å². The molecule has 2 N–H and O–H groups in total. The standard InChI is InChI=1S/C35H41ClN6O5/c36-28-22-38-32-26(28)13-10-15-29(32)39-33(27(21-37)35(45)47-20-9-8-19-46-24-25-11-2-1-3-12-25)40-30-14-4-5-18-42(34(30)44)23-31(43)41-16-6-7-17-41/h1-3,10-13,15,22,27,30,38H,4-9,14,16-20,23-24H2,(H,39,40)/t27?,30-/m0/s1. The highest BCUT2D eigenvalue weighted by Gasteiger charge is 2.33. The average molecular weight is 661 g/mol. The van der Waals surface area contributed by atoms with Crippen LogP contribution in [0.25, 0.3) is 10.9 Å². The molecule has 0 aliphatic carbocycles. The van der Waals surface area contributed by atoms with Crippen LogP contribution < -0.4 is 5.32 Å². The molecule has 2 amide bonds. The summed E-state index contributed by atoms with van der Waals surface area (Å²) in [5.41, 5.74) is 2.29. The minimum atomic E-state index is -1.42. The van der Waals surface area contributed by atoms with Gasteiger partial charge in [0.05, 0.1) is 42.1 Å². The average Bonchev–Trinajstić information content (AvgIpc) is 3.73. The summed E-state index contributed by atoms with van der Waals surface area (Å²) in [5.74, 6) is -2.54. The van der Waals surface area contributed by atoms with Crippen molar-refractivity contribution in [2.75, 3.05) is 44.7 Å². The van der Waals surface area contributed by atoms with Crippen molar-refractivity contribution in [2.45, 2.75) is 57.6 Å². The number of aromatic amines is 1. The van der Waals surface area contributed by atoms with Gasteiger partial charge in [-0.15, -0.1) is 0 Å². The number of nitriles is 1. The number of ether oxygens (including phenoxy) is 2. The third-order valence-corrected chi connectivity index (χ3v) is 8.75. The number of nitrogens with one attached hydrogen (secondary N) is 2. The van der Waals surface area contributed by atoms with Crippen LogP contribution in [0.3, 0.4) is 0 Å². The van der Waals surface area contributed by atoms with Crippen LogP contribution in [0, 0.1) is 17.2 Å². The van der Waals surface area contributed by atoms with E-state index in [1.165, 1.54) is 0 Å². The number of benzene rings is 2. The molecule has 2 aliphatic rings. The van der Waals surface area contributed by atoms with Gasteiger partial charge in [0, 0.05) is 37.8 Å². The highest BCUT2D eigenvalue weighted by molar-refractivity contribution is 6.36. The number of amides is 2. The van der Waals surface area contributed by atoms with Gasteiger partial charge in [-0.25, -0.2) is 0 Å². The van der Waals surface area contributed by atoms with E-state index in [4.69, 9.17) is 26.1 Å². The quantitative estimate of drug-likeness (QED) is 0.110. The predicted molar refractivity (Wildman–Crippen MR) is 180 cm³/mol. The van der Waals surface area contributed by atoms with Crippen LogP contribution in [0.4, 0.5) is 5.69 Å². The van der Waals surface area contributed by atoms with Crippen molar-refractivity contribution in [2.24, 2.45) is 10.9 Å². The normalized spacial score (nSPS) is 17.7. The van der Waals surface area contributed by atoms with E-state index in [0.29, 0.717) is 74.8 Å². The zero-order chi connectivity index (χ0) is 33.0. The highest BCUT2D eigenvalue weighted by Crippen LogP contribution is 2.29. The van der Waals surface area contributed by atoms with Crippen molar-refractivity contribution in [1.82, 2.24) is 14.8 Å². The third-order valence-electron chi connectivity index (χ3n) is 8.44. The third kappa shape index (κ3) is 9.11. The molecule has 0 saturated carbocycles. The van der Waals surface area contributed by atoms with E-state index >= 15 is 0 Å². The Kier molecular flexibility index (Phi) is 12.2. The molecule has 0 bridgehead atoms. The second-order valence-electron chi connectivity index (χ2n) is 11.8. The van der Waals surface area contributed by atoms with Gasteiger partial charge in [-0.2, -0.15) is 5.26 Å². The van der Waals surface area contributed by atoms with Gasteiger partial charge in [0.1, 0.15) is 11.9 Å². The topological polar surface area (TPSA) is 140 Å². The summed E-state index contributed by atoms with van der Waals surface area (Å²) in [6, 6.07) is 16.5. The molecule has 1 aromatic heterocycles. The van der Waals surface area contributed by atoms with E-state index in [0.717, 1.165) is 30.2 Å². The Labute approximate surface area is 279 Å². The molecule has 1 unspecified atom stereocenters. The lowest BCUT2D eigenvalue weighted by atomic mass is 10.1. The van der Waals surface area contributed by atoms with Crippen molar-refractivity contribution < 1.29 is 23.9 Å². The van der Waals surface area contributed by atoms with Crippen LogP contribution >= 0.6 is 11.6 Å². The van der Waals surface area contributed by atoms with Gasteiger partial charge in [-0.05, 0) is 56.6 Å². The van der Waals surface area contributed by atoms with E-state index in [1.54, 1.807) is 28.1 Å². The molecule has 2 fully saturated rings. The van der Waals surface area contributed by atoms with Crippen LogP contribution in [-0.4, -0.2) is 83.8 Å². The van der Waals surface area contributed by atoms with E-state index in [2.05, 4.69) is 10.3 Å². The Bertz CT molecular complexity index is 1600. The van der Waals surface area contributed by atoms with Crippen molar-refractivity contribution in [3.05, 3.63) is 65.3 Å². The van der Waals surface area contributed by atoms with E-state index in [9.17, 15) is 19.6 Å². The van der Waals surface area contributed by atoms with Gasteiger partial charge in [-0.3, -0.25) is 19.4 Å². The molecule has 0 spiro atoms. The zero-order valence-electron chi connectivity index (χ0n) is 26.5. The maximum Gasteiger partial charge on any atom is 0.331 e. The van der Waals surface area contributed by atoms with Gasteiger partial charge in [-0.1, -0.05) is 54.1 Å². The molecule has 2 aliphatic heterocycles. The molecule has 0 radical (unpaired) electrons. The summed E-state index contributed by atoms with van der Waals surface area (Å²) < 4.78 is 11.2. The summed E-state index contributed by atoms with van der Waals surface area (Å²) in [6.45, 7) is 2.97. The van der Waals surface area contributed by atoms with Crippen LogP contribution in [0.15, 0.2) is 59.7 Å². The van der Waals surface area contributed by atoms with Gasteiger partial charge in [0.15, 0.2) is 0 Å². The molecule has 2 aromatic carbocycles. The molecular weight excluding hydrogens is 620 g/mol. The first-order valence-corrected chi connectivity index (χ1v) is 16.7.